The molecule has 10 nitrogen and oxygen atoms in total. The van der Waals surface area contributed by atoms with Crippen molar-refractivity contribution in [3.05, 3.63) is 18.3 Å². The van der Waals surface area contributed by atoms with Gasteiger partial charge in [-0.05, 0) is 51.3 Å². The number of carbonyl (C=O) groups is 3. The van der Waals surface area contributed by atoms with Crippen molar-refractivity contribution in [3.8, 4) is 0 Å². The second-order valence-electron chi connectivity index (χ2n) is 8.19. The van der Waals surface area contributed by atoms with E-state index in [0.717, 1.165) is 5.69 Å². The first-order valence-electron chi connectivity index (χ1n) is 10.1. The highest BCUT2D eigenvalue weighted by molar-refractivity contribution is 7.98. The molecule has 172 valence electrons. The predicted octanol–water partition coefficient (Wildman–Crippen LogP) is 1.87. The summed E-state index contributed by atoms with van der Waals surface area (Å²) in [6, 6.07) is 2.12. The maximum Gasteiger partial charge on any atom is 0.410 e. The number of hydrogen-bond acceptors (Lipinski definition) is 7. The van der Waals surface area contributed by atoms with Gasteiger partial charge in [0.2, 0.25) is 5.91 Å². The number of aromatic nitrogens is 1. The number of urea groups is 1. The summed E-state index contributed by atoms with van der Waals surface area (Å²) >= 11 is 1.58. The number of nitrogens with zero attached hydrogens (tertiary/aromatic N) is 3. The van der Waals surface area contributed by atoms with Crippen LogP contribution < -0.4 is 21.3 Å². The Kier molecular flexibility index (Phi) is 8.78. The monoisotopic (exact) mass is 452 g/mol. The molecule has 1 saturated heterocycles. The third kappa shape index (κ3) is 8.16. The number of nitrogens with one attached hydrogen (secondary N) is 2. The summed E-state index contributed by atoms with van der Waals surface area (Å²) in [4.78, 5) is 43.9. The normalized spacial score (nSPS) is 15.2. The van der Waals surface area contributed by atoms with Gasteiger partial charge < -0.3 is 30.9 Å². The molecule has 0 aliphatic carbocycles. The minimum Gasteiger partial charge on any atom is -0.444 e. The van der Waals surface area contributed by atoms with Gasteiger partial charge in [-0.3, -0.25) is 4.79 Å². The molecule has 2 rings (SSSR count). The number of thioether (sulfide) groups is 1. The van der Waals surface area contributed by atoms with Crippen LogP contribution in [0.25, 0.3) is 0 Å². The highest BCUT2D eigenvalue weighted by atomic mass is 32.2. The zero-order chi connectivity index (χ0) is 23.0. The minimum absolute atomic E-state index is 0.302. The number of carbonyl (C=O) groups excluding carboxylic acids is 3. The van der Waals surface area contributed by atoms with E-state index >= 15 is 0 Å². The van der Waals surface area contributed by atoms with E-state index in [-0.39, 0.29) is 12.0 Å². The largest absolute Gasteiger partial charge is 0.444 e. The number of anilines is 2. The average Bonchev–Trinajstić information content (AvgIpc) is 2.70. The molecule has 2 heterocycles. The van der Waals surface area contributed by atoms with Crippen LogP contribution in [0, 0.1) is 0 Å². The molecule has 0 saturated carbocycles. The highest BCUT2D eigenvalue weighted by Crippen LogP contribution is 2.19. The summed E-state index contributed by atoms with van der Waals surface area (Å²) in [6.07, 6.45) is 3.77. The highest BCUT2D eigenvalue weighted by Gasteiger charge is 2.26. The van der Waals surface area contributed by atoms with Crippen molar-refractivity contribution in [2.24, 2.45) is 5.73 Å². The fourth-order valence-electron chi connectivity index (χ4n) is 3.01. The molecule has 0 aromatic carbocycles. The fourth-order valence-corrected chi connectivity index (χ4v) is 3.48. The first kappa shape index (κ1) is 24.6. The first-order valence-corrected chi connectivity index (χ1v) is 11.5. The Balaban J connectivity index is 1.90. The van der Waals surface area contributed by atoms with Crippen molar-refractivity contribution in [1.29, 1.82) is 0 Å². The van der Waals surface area contributed by atoms with Gasteiger partial charge in [-0.15, -0.1) is 0 Å². The molecule has 1 aliphatic rings. The lowest BCUT2D eigenvalue weighted by Crippen LogP contribution is -2.50. The quantitative estimate of drug-likeness (QED) is 0.576. The average molecular weight is 453 g/mol. The number of piperazine rings is 1. The van der Waals surface area contributed by atoms with Crippen LogP contribution in [0.5, 0.6) is 0 Å². The summed E-state index contributed by atoms with van der Waals surface area (Å²) < 4.78 is 5.42. The van der Waals surface area contributed by atoms with Crippen LogP contribution in [-0.4, -0.2) is 77.7 Å². The maximum atomic E-state index is 12.4. The lowest BCUT2D eigenvalue weighted by atomic mass is 10.2. The molecule has 1 unspecified atom stereocenters. The van der Waals surface area contributed by atoms with Gasteiger partial charge in [-0.2, -0.15) is 11.8 Å². The van der Waals surface area contributed by atoms with Crippen molar-refractivity contribution < 1.29 is 19.1 Å². The molecule has 0 spiro atoms. The van der Waals surface area contributed by atoms with Crippen LogP contribution in [0.2, 0.25) is 0 Å². The van der Waals surface area contributed by atoms with E-state index in [9.17, 15) is 14.4 Å². The zero-order valence-corrected chi connectivity index (χ0v) is 19.3. The minimum atomic E-state index is -0.741. The second kappa shape index (κ2) is 11.1. The summed E-state index contributed by atoms with van der Waals surface area (Å²) in [5.74, 6) is 0.737. The van der Waals surface area contributed by atoms with E-state index in [1.807, 2.05) is 33.1 Å². The summed E-state index contributed by atoms with van der Waals surface area (Å²) in [7, 11) is 0. The number of hydrogen-bond donors (Lipinski definition) is 3. The third-order valence-corrected chi connectivity index (χ3v) is 5.18. The van der Waals surface area contributed by atoms with E-state index < -0.39 is 17.7 Å². The second-order valence-corrected chi connectivity index (χ2v) is 9.17. The molecule has 4 amide bonds. The number of rotatable bonds is 7. The smallest absolute Gasteiger partial charge is 0.410 e. The number of ether oxygens (including phenoxy) is 1. The molecule has 1 aromatic rings. The lowest BCUT2D eigenvalue weighted by Gasteiger charge is -2.36. The van der Waals surface area contributed by atoms with Crippen molar-refractivity contribution in [2.75, 3.05) is 48.4 Å². The Morgan fingerprint density at radius 3 is 2.42 bits per heavy atom. The maximum absolute atomic E-state index is 12.4. The standard InChI is InChI=1S/C20H32N6O4S/c1-20(2,3)30-19(29)26-10-8-25(9-11-26)14-5-6-16(22-13-14)24-17(27)15(7-12-31-4)23-18(21)28/h5-6,13,15H,7-12H2,1-4H3,(H3,21,23,28)(H,22,24,27). The first-order chi connectivity index (χ1) is 14.6. The topological polar surface area (TPSA) is 130 Å². The molecule has 1 aliphatic heterocycles. The van der Waals surface area contributed by atoms with Gasteiger partial charge in [0.15, 0.2) is 0 Å². The predicted molar refractivity (Wildman–Crippen MR) is 122 cm³/mol. The van der Waals surface area contributed by atoms with Gasteiger partial charge in [0.25, 0.3) is 0 Å². The fraction of sp³-hybridized carbons (Fsp3) is 0.600. The van der Waals surface area contributed by atoms with E-state index in [2.05, 4.69) is 20.5 Å². The Hall–Kier alpha value is -2.69. The van der Waals surface area contributed by atoms with Gasteiger partial charge >= 0.3 is 12.1 Å². The van der Waals surface area contributed by atoms with Crippen LogP contribution in [0.15, 0.2) is 18.3 Å². The van der Waals surface area contributed by atoms with E-state index in [4.69, 9.17) is 10.5 Å². The molecule has 1 aromatic heterocycles. The van der Waals surface area contributed by atoms with E-state index in [0.29, 0.717) is 44.2 Å². The van der Waals surface area contributed by atoms with Crippen LogP contribution in [-0.2, 0) is 9.53 Å². The third-order valence-electron chi connectivity index (χ3n) is 4.54. The molecule has 11 heteroatoms. The Labute approximate surface area is 187 Å². The van der Waals surface area contributed by atoms with Gasteiger partial charge in [-0.25, -0.2) is 14.6 Å². The van der Waals surface area contributed by atoms with Crippen LogP contribution in [0.1, 0.15) is 27.2 Å². The Morgan fingerprint density at radius 1 is 1.23 bits per heavy atom. The molecule has 4 N–H and O–H groups in total. The van der Waals surface area contributed by atoms with Crippen LogP contribution >= 0.6 is 11.8 Å². The van der Waals surface area contributed by atoms with Gasteiger partial charge in [0.05, 0.1) is 11.9 Å². The summed E-state index contributed by atoms with van der Waals surface area (Å²) in [5.41, 5.74) is 5.55. The Bertz CT molecular complexity index is 760. The molecular formula is C20H32N6O4S. The SMILES string of the molecule is CSCCC(NC(N)=O)C(=O)Nc1ccc(N2CCN(C(=O)OC(C)(C)C)CC2)cn1. The van der Waals surface area contributed by atoms with Gasteiger partial charge in [0.1, 0.15) is 17.5 Å². The van der Waals surface area contributed by atoms with E-state index in [1.165, 1.54) is 0 Å². The Morgan fingerprint density at radius 2 is 1.90 bits per heavy atom. The molecule has 31 heavy (non-hydrogen) atoms. The number of primary amides is 1. The van der Waals surface area contributed by atoms with Crippen molar-refractivity contribution in [3.63, 3.8) is 0 Å². The number of amides is 4. The molecule has 0 bridgehead atoms. The number of pyridine rings is 1. The number of nitrogens with two attached hydrogens (primary N) is 1. The van der Waals surface area contributed by atoms with E-state index in [1.54, 1.807) is 28.9 Å². The van der Waals surface area contributed by atoms with Crippen LogP contribution in [0.3, 0.4) is 0 Å². The van der Waals surface area contributed by atoms with Crippen LogP contribution in [0.4, 0.5) is 21.1 Å². The summed E-state index contributed by atoms with van der Waals surface area (Å²) in [5, 5.41) is 5.17. The zero-order valence-electron chi connectivity index (χ0n) is 18.5. The molecule has 1 atom stereocenters. The molecular weight excluding hydrogens is 420 g/mol. The van der Waals surface area contributed by atoms with Crippen molar-refractivity contribution in [1.82, 2.24) is 15.2 Å². The van der Waals surface area contributed by atoms with Crippen molar-refractivity contribution in [2.45, 2.75) is 38.8 Å². The molecule has 1 fully saturated rings. The van der Waals surface area contributed by atoms with Crippen molar-refractivity contribution >= 4 is 41.3 Å². The molecule has 0 radical (unpaired) electrons. The van der Waals surface area contributed by atoms with Gasteiger partial charge in [-0.1, -0.05) is 0 Å². The lowest BCUT2D eigenvalue weighted by molar-refractivity contribution is -0.118. The summed E-state index contributed by atoms with van der Waals surface area (Å²) in [6.45, 7) is 7.98. The van der Waals surface area contributed by atoms with Gasteiger partial charge in [0, 0.05) is 26.2 Å².